The van der Waals surface area contributed by atoms with Gasteiger partial charge in [0.25, 0.3) is 0 Å². The molecule has 1 fully saturated rings. The van der Waals surface area contributed by atoms with E-state index in [1.807, 2.05) is 6.07 Å². The Labute approximate surface area is 82.7 Å². The molecule has 0 atom stereocenters. The fourth-order valence-electron chi connectivity index (χ4n) is 1.49. The average molecular weight is 187 g/mol. The smallest absolute Gasteiger partial charge is 0.130 e. The van der Waals surface area contributed by atoms with Gasteiger partial charge in [-0.05, 0) is 42.0 Å². The van der Waals surface area contributed by atoms with Crippen LogP contribution >= 0.6 is 0 Å². The number of aromatic nitrogens is 1. The molecule has 2 N–H and O–H groups in total. The summed E-state index contributed by atoms with van der Waals surface area (Å²) in [7, 11) is 0. The van der Waals surface area contributed by atoms with Crippen LogP contribution in [0, 0.1) is 16.7 Å². The van der Waals surface area contributed by atoms with Gasteiger partial charge in [-0.3, -0.25) is 15.4 Å². The third kappa shape index (κ3) is 1.53. The van der Waals surface area contributed by atoms with Crippen molar-refractivity contribution in [1.29, 1.82) is 10.8 Å². The number of hydrogen-bond donors (Lipinski definition) is 2. The van der Waals surface area contributed by atoms with E-state index in [-0.39, 0.29) is 0 Å². The second-order valence-electron chi connectivity index (χ2n) is 3.64. The SMILES string of the molecule is C=C(c1ccn(C=N)c(=N)c1)C1CC1. The minimum atomic E-state index is 0.333. The van der Waals surface area contributed by atoms with Crippen molar-refractivity contribution in [2.24, 2.45) is 5.92 Å². The van der Waals surface area contributed by atoms with Crippen LogP contribution in [-0.2, 0) is 0 Å². The predicted molar refractivity (Wildman–Crippen MR) is 56.2 cm³/mol. The van der Waals surface area contributed by atoms with E-state index in [1.54, 1.807) is 12.3 Å². The molecule has 0 unspecified atom stereocenters. The summed E-state index contributed by atoms with van der Waals surface area (Å²) >= 11 is 0. The average Bonchev–Trinajstić information content (AvgIpc) is 3.00. The molecular formula is C11H13N3. The van der Waals surface area contributed by atoms with Crippen molar-refractivity contribution in [3.05, 3.63) is 36.0 Å². The molecule has 3 heteroatoms. The molecule has 72 valence electrons. The topological polar surface area (TPSA) is 52.6 Å². The van der Waals surface area contributed by atoms with E-state index >= 15 is 0 Å². The van der Waals surface area contributed by atoms with Gasteiger partial charge in [0.1, 0.15) is 5.49 Å². The Morgan fingerprint density at radius 3 is 2.79 bits per heavy atom. The summed E-state index contributed by atoms with van der Waals surface area (Å²) in [6.07, 6.45) is 5.32. The highest BCUT2D eigenvalue weighted by Gasteiger charge is 2.25. The molecule has 1 aromatic rings. The van der Waals surface area contributed by atoms with Crippen LogP contribution in [0.3, 0.4) is 0 Å². The molecule has 1 aliphatic rings. The van der Waals surface area contributed by atoms with Crippen LogP contribution in [0.15, 0.2) is 24.9 Å². The first-order valence-electron chi connectivity index (χ1n) is 4.69. The lowest BCUT2D eigenvalue weighted by Crippen LogP contribution is -2.18. The van der Waals surface area contributed by atoms with Crippen LogP contribution in [0.5, 0.6) is 0 Å². The number of allylic oxidation sites excluding steroid dienone is 1. The molecule has 2 rings (SSSR count). The summed E-state index contributed by atoms with van der Waals surface area (Å²) < 4.78 is 1.46. The summed E-state index contributed by atoms with van der Waals surface area (Å²) in [6, 6.07) is 3.69. The van der Waals surface area contributed by atoms with Crippen molar-refractivity contribution in [3.63, 3.8) is 0 Å². The zero-order valence-corrected chi connectivity index (χ0v) is 7.96. The Kier molecular flexibility index (Phi) is 2.08. The van der Waals surface area contributed by atoms with Crippen LogP contribution in [-0.4, -0.2) is 10.9 Å². The van der Waals surface area contributed by atoms with Crippen LogP contribution < -0.4 is 5.49 Å². The zero-order valence-electron chi connectivity index (χ0n) is 7.96. The number of pyridine rings is 1. The van der Waals surface area contributed by atoms with E-state index in [0.717, 1.165) is 17.5 Å². The second kappa shape index (κ2) is 3.25. The van der Waals surface area contributed by atoms with Crippen LogP contribution in [0.25, 0.3) is 5.57 Å². The molecule has 1 heterocycles. The van der Waals surface area contributed by atoms with E-state index in [0.29, 0.717) is 11.4 Å². The van der Waals surface area contributed by atoms with Crippen molar-refractivity contribution < 1.29 is 0 Å². The maximum absolute atomic E-state index is 7.64. The van der Waals surface area contributed by atoms with Crippen LogP contribution in [0.2, 0.25) is 0 Å². The summed E-state index contributed by atoms with van der Waals surface area (Å²) in [5.74, 6) is 0.630. The minimum absolute atomic E-state index is 0.333. The standard InChI is InChI=1S/C11H13N3/c1-8(9-2-3-9)10-4-5-14(7-12)11(13)6-10/h4-7,9,12-13H,1-3H2. The molecule has 1 aliphatic carbocycles. The van der Waals surface area contributed by atoms with Gasteiger partial charge >= 0.3 is 0 Å². The van der Waals surface area contributed by atoms with Gasteiger partial charge in [0, 0.05) is 6.20 Å². The Morgan fingerprint density at radius 1 is 1.57 bits per heavy atom. The third-order valence-corrected chi connectivity index (χ3v) is 2.57. The van der Waals surface area contributed by atoms with Gasteiger partial charge in [-0.1, -0.05) is 6.58 Å². The quantitative estimate of drug-likeness (QED) is 0.536. The van der Waals surface area contributed by atoms with Crippen molar-refractivity contribution in [2.45, 2.75) is 12.8 Å². The first-order valence-corrected chi connectivity index (χ1v) is 4.69. The second-order valence-corrected chi connectivity index (χ2v) is 3.64. The molecule has 0 spiro atoms. The summed E-state index contributed by atoms with van der Waals surface area (Å²) in [5, 5.41) is 14.7. The molecule has 0 bridgehead atoms. The number of nitrogens with zero attached hydrogens (tertiary/aromatic N) is 1. The van der Waals surface area contributed by atoms with E-state index in [2.05, 4.69) is 6.58 Å². The Balaban J connectivity index is 2.36. The fourth-order valence-corrected chi connectivity index (χ4v) is 1.49. The lowest BCUT2D eigenvalue weighted by atomic mass is 10.1. The lowest BCUT2D eigenvalue weighted by Gasteiger charge is -2.05. The van der Waals surface area contributed by atoms with Crippen molar-refractivity contribution in [2.75, 3.05) is 0 Å². The van der Waals surface area contributed by atoms with Gasteiger partial charge in [0.2, 0.25) is 0 Å². The molecule has 3 nitrogen and oxygen atoms in total. The highest BCUT2D eigenvalue weighted by Crippen LogP contribution is 2.40. The maximum atomic E-state index is 7.64. The molecule has 0 amide bonds. The first kappa shape index (κ1) is 8.94. The van der Waals surface area contributed by atoms with E-state index in [4.69, 9.17) is 10.8 Å². The van der Waals surface area contributed by atoms with Gasteiger partial charge in [-0.15, -0.1) is 0 Å². The molecule has 14 heavy (non-hydrogen) atoms. The van der Waals surface area contributed by atoms with Crippen LogP contribution in [0.4, 0.5) is 0 Å². The van der Waals surface area contributed by atoms with Gasteiger partial charge in [-0.2, -0.15) is 0 Å². The van der Waals surface area contributed by atoms with Gasteiger partial charge in [-0.25, -0.2) is 0 Å². The van der Waals surface area contributed by atoms with Gasteiger partial charge < -0.3 is 0 Å². The maximum Gasteiger partial charge on any atom is 0.130 e. The van der Waals surface area contributed by atoms with Gasteiger partial charge in [0.15, 0.2) is 0 Å². The molecular weight excluding hydrogens is 174 g/mol. The first-order chi connectivity index (χ1) is 6.72. The van der Waals surface area contributed by atoms with Crippen molar-refractivity contribution in [3.8, 4) is 0 Å². The van der Waals surface area contributed by atoms with E-state index < -0.39 is 0 Å². The Hall–Kier alpha value is -1.64. The summed E-state index contributed by atoms with van der Waals surface area (Å²) in [4.78, 5) is 0. The Morgan fingerprint density at radius 2 is 2.29 bits per heavy atom. The Bertz CT molecular complexity index is 438. The van der Waals surface area contributed by atoms with E-state index in [1.165, 1.54) is 17.4 Å². The highest BCUT2D eigenvalue weighted by atomic mass is 15.0. The number of nitrogens with one attached hydrogen (secondary N) is 2. The molecule has 1 saturated carbocycles. The normalized spacial score (nSPS) is 15.1. The summed E-state index contributed by atoms with van der Waals surface area (Å²) in [5.41, 5.74) is 2.51. The lowest BCUT2D eigenvalue weighted by molar-refractivity contribution is 0.979. The molecule has 0 aromatic carbocycles. The number of rotatable bonds is 3. The van der Waals surface area contributed by atoms with Gasteiger partial charge in [0.05, 0.1) is 6.34 Å². The zero-order chi connectivity index (χ0) is 10.1. The third-order valence-electron chi connectivity index (χ3n) is 2.57. The van der Waals surface area contributed by atoms with Crippen molar-refractivity contribution >= 4 is 11.9 Å². The highest BCUT2D eigenvalue weighted by molar-refractivity contribution is 5.67. The number of hydrogen-bond acceptors (Lipinski definition) is 2. The molecule has 1 aromatic heterocycles. The largest absolute Gasteiger partial charge is 0.293 e. The molecule has 0 radical (unpaired) electrons. The summed E-state index contributed by atoms with van der Waals surface area (Å²) in [6.45, 7) is 4.03. The predicted octanol–water partition coefficient (Wildman–Crippen LogP) is 1.85. The molecule has 0 saturated heterocycles. The monoisotopic (exact) mass is 187 g/mol. The fraction of sp³-hybridized carbons (Fsp3) is 0.273. The minimum Gasteiger partial charge on any atom is -0.293 e. The molecule has 0 aliphatic heterocycles. The van der Waals surface area contributed by atoms with Crippen molar-refractivity contribution in [1.82, 2.24) is 4.57 Å². The van der Waals surface area contributed by atoms with Crippen LogP contribution in [0.1, 0.15) is 18.4 Å². The van der Waals surface area contributed by atoms with E-state index in [9.17, 15) is 0 Å².